The van der Waals surface area contributed by atoms with Crippen molar-refractivity contribution in [2.45, 2.75) is 45.6 Å². The number of aryl methyl sites for hydroxylation is 1. The Kier molecular flexibility index (Phi) is 3.90. The monoisotopic (exact) mass is 247 g/mol. The van der Waals surface area contributed by atoms with Gasteiger partial charge in [-0.2, -0.15) is 0 Å². The van der Waals surface area contributed by atoms with Gasteiger partial charge in [-0.15, -0.1) is 0 Å². The van der Waals surface area contributed by atoms with Gasteiger partial charge >= 0.3 is 0 Å². The Morgan fingerprint density at radius 1 is 1.39 bits per heavy atom. The van der Waals surface area contributed by atoms with Gasteiger partial charge in [0.05, 0.1) is 0 Å². The number of aromatic hydroxyl groups is 1. The highest BCUT2D eigenvalue weighted by atomic mass is 16.3. The Balaban J connectivity index is 2.00. The number of benzene rings is 1. The molecular weight excluding hydrogens is 226 g/mol. The molecule has 0 heterocycles. The van der Waals surface area contributed by atoms with Gasteiger partial charge in [-0.3, -0.25) is 4.79 Å². The summed E-state index contributed by atoms with van der Waals surface area (Å²) in [5, 5.41) is 12.7. The highest BCUT2D eigenvalue weighted by Crippen LogP contribution is 2.24. The Labute approximate surface area is 108 Å². The Hall–Kier alpha value is -1.51. The first kappa shape index (κ1) is 12.9. The zero-order valence-electron chi connectivity index (χ0n) is 11.1. The molecule has 2 rings (SSSR count). The number of carbonyl (C=O) groups excluding carboxylic acids is 1. The minimum atomic E-state index is -0.0793. The summed E-state index contributed by atoms with van der Waals surface area (Å²) >= 11 is 0. The normalized spacial score (nSPS) is 23.7. The predicted octanol–water partition coefficient (Wildman–Crippen LogP) is 3.01. The maximum atomic E-state index is 12.1. The average molecular weight is 247 g/mol. The second-order valence-corrected chi connectivity index (χ2v) is 5.44. The van der Waals surface area contributed by atoms with Crippen molar-refractivity contribution in [3.8, 4) is 5.75 Å². The molecule has 0 radical (unpaired) electrons. The van der Waals surface area contributed by atoms with Crippen molar-refractivity contribution in [2.75, 3.05) is 0 Å². The number of carbonyl (C=O) groups is 1. The zero-order chi connectivity index (χ0) is 13.1. The van der Waals surface area contributed by atoms with E-state index >= 15 is 0 Å². The van der Waals surface area contributed by atoms with Gasteiger partial charge in [0.1, 0.15) is 5.75 Å². The van der Waals surface area contributed by atoms with Crippen LogP contribution in [-0.4, -0.2) is 17.1 Å². The molecule has 1 aliphatic rings. The molecule has 0 aromatic heterocycles. The van der Waals surface area contributed by atoms with E-state index in [2.05, 4.69) is 12.2 Å². The predicted molar refractivity (Wildman–Crippen MR) is 71.7 cm³/mol. The lowest BCUT2D eigenvalue weighted by Crippen LogP contribution is -2.37. The number of nitrogens with one attached hydrogen (secondary N) is 1. The Morgan fingerprint density at radius 2 is 2.17 bits per heavy atom. The van der Waals surface area contributed by atoms with Crippen LogP contribution >= 0.6 is 0 Å². The van der Waals surface area contributed by atoms with Crippen LogP contribution in [0.5, 0.6) is 5.75 Å². The number of rotatable bonds is 2. The molecular formula is C15H21NO2. The van der Waals surface area contributed by atoms with Gasteiger partial charge in [0.2, 0.25) is 0 Å². The maximum absolute atomic E-state index is 12.1. The van der Waals surface area contributed by atoms with Crippen LogP contribution in [0.15, 0.2) is 18.2 Å². The van der Waals surface area contributed by atoms with E-state index in [1.807, 2.05) is 6.92 Å². The van der Waals surface area contributed by atoms with E-state index in [9.17, 15) is 9.90 Å². The molecule has 18 heavy (non-hydrogen) atoms. The summed E-state index contributed by atoms with van der Waals surface area (Å²) in [5.41, 5.74) is 1.33. The summed E-state index contributed by atoms with van der Waals surface area (Å²) in [4.78, 5) is 12.1. The van der Waals surface area contributed by atoms with E-state index in [1.165, 1.54) is 18.9 Å². The molecule has 3 nitrogen and oxygen atoms in total. The quantitative estimate of drug-likeness (QED) is 0.844. The molecule has 0 spiro atoms. The van der Waals surface area contributed by atoms with Crippen molar-refractivity contribution in [1.82, 2.24) is 5.32 Å². The van der Waals surface area contributed by atoms with Crippen LogP contribution in [0.3, 0.4) is 0 Å². The summed E-state index contributed by atoms with van der Waals surface area (Å²) < 4.78 is 0. The van der Waals surface area contributed by atoms with Crippen LogP contribution in [0.2, 0.25) is 0 Å². The van der Waals surface area contributed by atoms with Crippen LogP contribution in [0.1, 0.15) is 48.5 Å². The van der Waals surface area contributed by atoms with Crippen LogP contribution < -0.4 is 5.32 Å². The molecule has 1 saturated carbocycles. The lowest BCUT2D eigenvalue weighted by Gasteiger charge is -2.27. The van der Waals surface area contributed by atoms with Gasteiger partial charge < -0.3 is 10.4 Å². The van der Waals surface area contributed by atoms with Crippen molar-refractivity contribution < 1.29 is 9.90 Å². The van der Waals surface area contributed by atoms with Gasteiger partial charge in [0.25, 0.3) is 5.91 Å². The first-order valence-corrected chi connectivity index (χ1v) is 6.66. The van der Waals surface area contributed by atoms with Gasteiger partial charge in [0, 0.05) is 11.6 Å². The maximum Gasteiger partial charge on any atom is 0.251 e. The topological polar surface area (TPSA) is 49.3 Å². The third kappa shape index (κ3) is 3.03. The third-order valence-electron chi connectivity index (χ3n) is 3.74. The van der Waals surface area contributed by atoms with Gasteiger partial charge in [0.15, 0.2) is 0 Å². The molecule has 1 aromatic rings. The summed E-state index contributed by atoms with van der Waals surface area (Å²) in [5.74, 6) is 0.791. The molecule has 1 fully saturated rings. The van der Waals surface area contributed by atoms with Crippen molar-refractivity contribution in [1.29, 1.82) is 0 Å². The molecule has 0 bridgehead atoms. The molecule has 0 saturated heterocycles. The van der Waals surface area contributed by atoms with Crippen LogP contribution in [0, 0.1) is 12.8 Å². The lowest BCUT2D eigenvalue weighted by molar-refractivity contribution is 0.0921. The second-order valence-electron chi connectivity index (χ2n) is 5.44. The van der Waals surface area contributed by atoms with Crippen LogP contribution in [0.25, 0.3) is 0 Å². The van der Waals surface area contributed by atoms with Crippen LogP contribution in [0.4, 0.5) is 0 Å². The molecule has 98 valence electrons. The van der Waals surface area contributed by atoms with Crippen molar-refractivity contribution >= 4 is 5.91 Å². The van der Waals surface area contributed by atoms with E-state index in [-0.39, 0.29) is 17.7 Å². The van der Waals surface area contributed by atoms with Crippen molar-refractivity contribution in [2.24, 2.45) is 5.92 Å². The Morgan fingerprint density at radius 3 is 2.83 bits per heavy atom. The first-order valence-electron chi connectivity index (χ1n) is 6.66. The second kappa shape index (κ2) is 5.42. The van der Waals surface area contributed by atoms with Crippen molar-refractivity contribution in [3.05, 3.63) is 29.3 Å². The standard InChI is InChI=1S/C15H21NO2/c1-10-4-3-5-13(8-10)16-15(18)12-7-6-11(2)14(17)9-12/h6-7,9-10,13,17H,3-5,8H2,1-2H3,(H,16,18). The van der Waals surface area contributed by atoms with Gasteiger partial charge in [-0.05, 0) is 43.4 Å². The largest absolute Gasteiger partial charge is 0.508 e. The minimum absolute atomic E-state index is 0.0793. The molecule has 2 N–H and O–H groups in total. The van der Waals surface area contributed by atoms with E-state index in [4.69, 9.17) is 0 Å². The fourth-order valence-electron chi connectivity index (χ4n) is 2.58. The molecule has 2 unspecified atom stereocenters. The number of hydrogen-bond donors (Lipinski definition) is 2. The molecule has 0 aliphatic heterocycles. The third-order valence-corrected chi connectivity index (χ3v) is 3.74. The van der Waals surface area contributed by atoms with E-state index in [0.29, 0.717) is 11.5 Å². The molecule has 3 heteroatoms. The van der Waals surface area contributed by atoms with Gasteiger partial charge in [-0.1, -0.05) is 25.8 Å². The molecule has 1 aliphatic carbocycles. The van der Waals surface area contributed by atoms with E-state index in [0.717, 1.165) is 18.4 Å². The highest BCUT2D eigenvalue weighted by Gasteiger charge is 2.21. The fourth-order valence-corrected chi connectivity index (χ4v) is 2.58. The number of amides is 1. The van der Waals surface area contributed by atoms with E-state index < -0.39 is 0 Å². The molecule has 1 amide bonds. The number of phenolic OH excluding ortho intramolecular Hbond substituents is 1. The fraction of sp³-hybridized carbons (Fsp3) is 0.533. The van der Waals surface area contributed by atoms with Crippen LogP contribution in [-0.2, 0) is 0 Å². The SMILES string of the molecule is Cc1ccc(C(=O)NC2CCCC(C)C2)cc1O. The van der Waals surface area contributed by atoms with Gasteiger partial charge in [-0.25, -0.2) is 0 Å². The summed E-state index contributed by atoms with van der Waals surface area (Å²) in [6, 6.07) is 5.35. The lowest BCUT2D eigenvalue weighted by atomic mass is 9.87. The highest BCUT2D eigenvalue weighted by molar-refractivity contribution is 5.94. The summed E-state index contributed by atoms with van der Waals surface area (Å²) in [7, 11) is 0. The molecule has 1 aromatic carbocycles. The molecule has 2 atom stereocenters. The summed E-state index contributed by atoms with van der Waals surface area (Å²) in [6.45, 7) is 4.05. The Bertz CT molecular complexity index is 442. The average Bonchev–Trinajstić information content (AvgIpc) is 2.32. The number of hydrogen-bond acceptors (Lipinski definition) is 2. The first-order chi connectivity index (χ1) is 8.56. The van der Waals surface area contributed by atoms with Crippen molar-refractivity contribution in [3.63, 3.8) is 0 Å². The van der Waals surface area contributed by atoms with E-state index in [1.54, 1.807) is 12.1 Å². The zero-order valence-corrected chi connectivity index (χ0v) is 11.1. The smallest absolute Gasteiger partial charge is 0.251 e. The summed E-state index contributed by atoms with van der Waals surface area (Å²) in [6.07, 6.45) is 4.57. The minimum Gasteiger partial charge on any atom is -0.508 e. The number of phenols is 1.